The summed E-state index contributed by atoms with van der Waals surface area (Å²) in [7, 11) is 0. The molecule has 0 bridgehead atoms. The molecule has 3 aromatic rings. The number of ether oxygens (including phenoxy) is 1. The van der Waals surface area contributed by atoms with E-state index in [0.29, 0.717) is 27.9 Å². The molecule has 9 heteroatoms. The van der Waals surface area contributed by atoms with Crippen molar-refractivity contribution < 1.29 is 23.4 Å². The number of halogens is 2. The topological polar surface area (TPSA) is 107 Å². The van der Waals surface area contributed by atoms with Crippen LogP contribution in [0.1, 0.15) is 48.6 Å². The minimum Gasteiger partial charge on any atom is -0.458 e. The van der Waals surface area contributed by atoms with Crippen LogP contribution in [0.5, 0.6) is 0 Å². The standard InChI is InChI=1S/C22H19F2N3O4/c1-3-22(30)13-5-17-19-11(7-27(17)20(28)12(13)8-31-21(22)29)18(9(2)25)10-4-14(23)15(24)6-16(10)26-19/h4-6,9,30H,3,7-8,25H2,1-2H3/t9-,22+/m1/s1. The molecule has 160 valence electrons. The minimum absolute atomic E-state index is 0.0231. The van der Waals surface area contributed by atoms with Gasteiger partial charge in [-0.3, -0.25) is 4.79 Å². The molecule has 7 nitrogen and oxygen atoms in total. The predicted octanol–water partition coefficient (Wildman–Crippen LogP) is 2.38. The molecule has 31 heavy (non-hydrogen) atoms. The van der Waals surface area contributed by atoms with Gasteiger partial charge in [0.1, 0.15) is 6.61 Å². The van der Waals surface area contributed by atoms with Gasteiger partial charge in [0.05, 0.1) is 29.0 Å². The predicted molar refractivity (Wildman–Crippen MR) is 107 cm³/mol. The number of aromatic nitrogens is 2. The zero-order chi connectivity index (χ0) is 22.2. The third-order valence-corrected chi connectivity index (χ3v) is 6.23. The molecule has 5 rings (SSSR count). The van der Waals surface area contributed by atoms with Crippen LogP contribution in [0.25, 0.3) is 22.3 Å². The van der Waals surface area contributed by atoms with Crippen molar-refractivity contribution in [1.82, 2.24) is 9.55 Å². The molecule has 0 saturated heterocycles. The van der Waals surface area contributed by atoms with Crippen molar-refractivity contribution >= 4 is 16.9 Å². The monoisotopic (exact) mass is 427 g/mol. The molecule has 0 radical (unpaired) electrons. The first-order valence-corrected chi connectivity index (χ1v) is 9.91. The van der Waals surface area contributed by atoms with Gasteiger partial charge in [-0.15, -0.1) is 0 Å². The quantitative estimate of drug-likeness (QED) is 0.476. The fourth-order valence-electron chi connectivity index (χ4n) is 4.63. The van der Waals surface area contributed by atoms with E-state index in [1.54, 1.807) is 19.9 Å². The van der Waals surface area contributed by atoms with Crippen molar-refractivity contribution in [1.29, 1.82) is 0 Å². The van der Waals surface area contributed by atoms with E-state index in [4.69, 9.17) is 10.5 Å². The van der Waals surface area contributed by atoms with Gasteiger partial charge in [-0.2, -0.15) is 0 Å². The van der Waals surface area contributed by atoms with Gasteiger partial charge in [-0.25, -0.2) is 18.6 Å². The Labute approximate surface area is 175 Å². The van der Waals surface area contributed by atoms with Gasteiger partial charge in [0.2, 0.25) is 0 Å². The number of nitrogens with two attached hydrogens (primary N) is 1. The summed E-state index contributed by atoms with van der Waals surface area (Å²) in [6.45, 7) is 3.23. The van der Waals surface area contributed by atoms with Gasteiger partial charge in [0.15, 0.2) is 17.2 Å². The summed E-state index contributed by atoms with van der Waals surface area (Å²) >= 11 is 0. The van der Waals surface area contributed by atoms with Gasteiger partial charge < -0.3 is 20.1 Å². The molecule has 2 aliphatic heterocycles. The first kappa shape index (κ1) is 19.8. The first-order valence-electron chi connectivity index (χ1n) is 9.91. The Morgan fingerprint density at radius 2 is 1.97 bits per heavy atom. The molecule has 0 fully saturated rings. The lowest BCUT2D eigenvalue weighted by Gasteiger charge is -2.31. The fraction of sp³-hybridized carbons (Fsp3) is 0.318. The van der Waals surface area contributed by atoms with Crippen molar-refractivity contribution in [2.75, 3.05) is 0 Å². The largest absolute Gasteiger partial charge is 0.458 e. The molecule has 0 amide bonds. The van der Waals surface area contributed by atoms with Crippen LogP contribution in [0.3, 0.4) is 0 Å². The summed E-state index contributed by atoms with van der Waals surface area (Å²) < 4.78 is 34.4. The number of cyclic esters (lactones) is 1. The number of carbonyl (C=O) groups excluding carboxylic acids is 1. The third-order valence-electron chi connectivity index (χ3n) is 6.23. The molecular formula is C22H19F2N3O4. The summed E-state index contributed by atoms with van der Waals surface area (Å²) in [4.78, 5) is 30.0. The van der Waals surface area contributed by atoms with E-state index in [0.717, 1.165) is 12.1 Å². The Kier molecular flexibility index (Phi) is 4.09. The third kappa shape index (κ3) is 2.53. The number of carbonyl (C=O) groups is 1. The Morgan fingerprint density at radius 1 is 1.26 bits per heavy atom. The molecule has 0 spiro atoms. The van der Waals surface area contributed by atoms with Crippen LogP contribution in [0.15, 0.2) is 23.0 Å². The van der Waals surface area contributed by atoms with Gasteiger partial charge in [0.25, 0.3) is 5.56 Å². The molecule has 3 N–H and O–H groups in total. The molecule has 4 heterocycles. The maximum absolute atomic E-state index is 14.0. The van der Waals surface area contributed by atoms with Gasteiger partial charge in [-0.1, -0.05) is 6.92 Å². The zero-order valence-corrected chi connectivity index (χ0v) is 16.8. The van der Waals surface area contributed by atoms with Gasteiger partial charge >= 0.3 is 5.97 Å². The Bertz CT molecular complexity index is 1370. The Balaban J connectivity index is 1.86. The van der Waals surface area contributed by atoms with E-state index in [1.807, 2.05) is 0 Å². The summed E-state index contributed by atoms with van der Waals surface area (Å²) in [5.41, 5.74) is 6.38. The number of fused-ring (bicyclic) bond motifs is 5. The van der Waals surface area contributed by atoms with E-state index in [1.165, 1.54) is 4.57 Å². The highest BCUT2D eigenvalue weighted by Gasteiger charge is 2.45. The Hall–Kier alpha value is -3.17. The van der Waals surface area contributed by atoms with Crippen molar-refractivity contribution in [2.24, 2.45) is 5.73 Å². The second-order valence-corrected chi connectivity index (χ2v) is 8.03. The van der Waals surface area contributed by atoms with Crippen molar-refractivity contribution in [3.8, 4) is 11.4 Å². The molecule has 1 aromatic carbocycles. The lowest BCUT2D eigenvalue weighted by molar-refractivity contribution is -0.172. The average molecular weight is 427 g/mol. The second-order valence-electron chi connectivity index (χ2n) is 8.03. The van der Waals surface area contributed by atoms with E-state index in [-0.39, 0.29) is 36.2 Å². The molecule has 0 unspecified atom stereocenters. The summed E-state index contributed by atoms with van der Waals surface area (Å²) in [6.07, 6.45) is 0.0231. The summed E-state index contributed by atoms with van der Waals surface area (Å²) in [5, 5.41) is 11.3. The van der Waals surface area contributed by atoms with Crippen molar-refractivity contribution in [3.05, 3.63) is 62.4 Å². The first-order chi connectivity index (χ1) is 14.7. The number of esters is 1. The van der Waals surface area contributed by atoms with Crippen molar-refractivity contribution in [3.63, 3.8) is 0 Å². The maximum atomic E-state index is 14.0. The molecular weight excluding hydrogens is 408 g/mol. The van der Waals surface area contributed by atoms with Crippen LogP contribution in [0, 0.1) is 11.6 Å². The van der Waals surface area contributed by atoms with Crippen LogP contribution in [-0.4, -0.2) is 20.6 Å². The molecule has 0 saturated carbocycles. The lowest BCUT2D eigenvalue weighted by Crippen LogP contribution is -2.44. The maximum Gasteiger partial charge on any atom is 0.343 e. The summed E-state index contributed by atoms with van der Waals surface area (Å²) in [6, 6.07) is 3.09. The lowest BCUT2D eigenvalue weighted by atomic mass is 9.86. The number of hydrogen-bond donors (Lipinski definition) is 2. The minimum atomic E-state index is -1.94. The number of pyridine rings is 2. The molecule has 2 aliphatic rings. The van der Waals surface area contributed by atoms with Crippen LogP contribution in [0.2, 0.25) is 0 Å². The summed E-state index contributed by atoms with van der Waals surface area (Å²) in [5.74, 6) is -2.87. The van der Waals surface area contributed by atoms with Crippen LogP contribution >= 0.6 is 0 Å². The normalized spacial score (nSPS) is 20.3. The zero-order valence-electron chi connectivity index (χ0n) is 16.8. The smallest absolute Gasteiger partial charge is 0.343 e. The highest BCUT2D eigenvalue weighted by atomic mass is 19.2. The number of benzene rings is 1. The number of aliphatic hydroxyl groups is 1. The number of rotatable bonds is 2. The van der Waals surface area contributed by atoms with Gasteiger partial charge in [-0.05, 0) is 31.0 Å². The average Bonchev–Trinajstić information content (AvgIpc) is 3.08. The Morgan fingerprint density at radius 3 is 2.65 bits per heavy atom. The van der Waals surface area contributed by atoms with E-state index in [2.05, 4.69) is 4.98 Å². The van der Waals surface area contributed by atoms with E-state index < -0.39 is 34.8 Å². The van der Waals surface area contributed by atoms with Crippen LogP contribution in [-0.2, 0) is 28.3 Å². The molecule has 2 atom stereocenters. The van der Waals surface area contributed by atoms with Crippen LogP contribution in [0.4, 0.5) is 8.78 Å². The highest BCUT2D eigenvalue weighted by Crippen LogP contribution is 2.41. The number of nitrogens with zero attached hydrogens (tertiary/aromatic N) is 2. The fourth-order valence-corrected chi connectivity index (χ4v) is 4.63. The molecule has 2 aromatic heterocycles. The van der Waals surface area contributed by atoms with Crippen LogP contribution < -0.4 is 11.3 Å². The van der Waals surface area contributed by atoms with E-state index in [9.17, 15) is 23.5 Å². The SMILES string of the molecule is CC[C@@]1(O)C(=O)OCc2c1cc1n(c2=O)Cc2c-1nc1cc(F)c(F)cc1c2[C@@H](C)N. The van der Waals surface area contributed by atoms with Crippen molar-refractivity contribution in [2.45, 2.75) is 45.1 Å². The number of hydrogen-bond acceptors (Lipinski definition) is 6. The van der Waals surface area contributed by atoms with E-state index >= 15 is 0 Å². The highest BCUT2D eigenvalue weighted by molar-refractivity contribution is 5.89. The molecule has 0 aliphatic carbocycles. The van der Waals surface area contributed by atoms with Gasteiger partial charge in [0, 0.05) is 28.6 Å². The second kappa shape index (κ2) is 6.41.